The molecule has 0 heterocycles. The van der Waals surface area contributed by atoms with E-state index in [0.717, 1.165) is 12.8 Å². The van der Waals surface area contributed by atoms with Crippen molar-refractivity contribution in [2.75, 3.05) is 0 Å². The molecule has 56 valence electrons. The fourth-order valence-corrected chi connectivity index (χ4v) is 1.50. The molecule has 1 nitrogen and oxygen atoms in total. The molecule has 1 aliphatic rings. The van der Waals surface area contributed by atoms with Crippen molar-refractivity contribution in [1.29, 1.82) is 0 Å². The van der Waals surface area contributed by atoms with E-state index in [2.05, 4.69) is 4.85 Å². The van der Waals surface area contributed by atoms with Gasteiger partial charge in [0, 0.05) is 6.92 Å². The summed E-state index contributed by atoms with van der Waals surface area (Å²) in [5, 5.41) is 0. The van der Waals surface area contributed by atoms with E-state index in [-0.39, 0.29) is 0 Å². The van der Waals surface area contributed by atoms with Crippen LogP contribution >= 0.6 is 0 Å². The zero-order valence-corrected chi connectivity index (χ0v) is 6.23. The van der Waals surface area contributed by atoms with Gasteiger partial charge < -0.3 is 4.85 Å². The molecule has 1 rings (SSSR count). The number of hydrogen-bond acceptors (Lipinski definition) is 0. The molecule has 0 saturated heterocycles. The van der Waals surface area contributed by atoms with Gasteiger partial charge >= 0.3 is 0 Å². The molecule has 0 bridgehead atoms. The van der Waals surface area contributed by atoms with Crippen LogP contribution in [-0.4, -0.2) is 11.7 Å². The molecule has 1 unspecified atom stereocenters. The minimum absolute atomic E-state index is 0.435. The van der Waals surface area contributed by atoms with Crippen LogP contribution in [0.1, 0.15) is 32.6 Å². The standard InChI is InChI=1S/C8H12FN/c1-7(10-2)8(9)5-3-4-6-8/h7H,3-6H2,1H3. The average Bonchev–Trinajstić information content (AvgIpc) is 2.36. The first-order chi connectivity index (χ1) is 4.69. The summed E-state index contributed by atoms with van der Waals surface area (Å²) in [5.74, 6) is 0. The van der Waals surface area contributed by atoms with Crippen molar-refractivity contribution in [3.8, 4) is 0 Å². The first-order valence-corrected chi connectivity index (χ1v) is 3.74. The van der Waals surface area contributed by atoms with Crippen LogP contribution in [0.15, 0.2) is 0 Å². The third kappa shape index (κ3) is 1.13. The van der Waals surface area contributed by atoms with Gasteiger partial charge in [-0.1, -0.05) is 0 Å². The normalized spacial score (nSPS) is 25.7. The maximum Gasteiger partial charge on any atom is 0.254 e. The predicted octanol–water partition coefficient (Wildman–Crippen LogP) is 2.58. The highest BCUT2D eigenvalue weighted by Gasteiger charge is 2.43. The lowest BCUT2D eigenvalue weighted by molar-refractivity contribution is 0.157. The Hall–Kier alpha value is -0.580. The Bertz CT molecular complexity index is 153. The Kier molecular flexibility index (Phi) is 1.94. The van der Waals surface area contributed by atoms with E-state index in [1.54, 1.807) is 6.92 Å². The monoisotopic (exact) mass is 141 g/mol. The molecule has 0 radical (unpaired) electrons. The second-order valence-corrected chi connectivity index (χ2v) is 3.05. The van der Waals surface area contributed by atoms with Gasteiger partial charge in [0.15, 0.2) is 5.67 Å². The van der Waals surface area contributed by atoms with E-state index in [1.807, 2.05) is 0 Å². The topological polar surface area (TPSA) is 4.36 Å². The maximum absolute atomic E-state index is 13.5. The highest BCUT2D eigenvalue weighted by atomic mass is 19.1. The quantitative estimate of drug-likeness (QED) is 0.494. The molecule has 0 aliphatic heterocycles. The third-order valence-electron chi connectivity index (χ3n) is 2.38. The van der Waals surface area contributed by atoms with Crippen molar-refractivity contribution in [1.82, 2.24) is 0 Å². The Balaban J connectivity index is 2.60. The fourth-order valence-electron chi connectivity index (χ4n) is 1.50. The largest absolute Gasteiger partial charge is 0.310 e. The summed E-state index contributed by atoms with van der Waals surface area (Å²) in [7, 11) is 0. The van der Waals surface area contributed by atoms with Crippen molar-refractivity contribution in [3.05, 3.63) is 11.4 Å². The van der Waals surface area contributed by atoms with Gasteiger partial charge in [-0.25, -0.2) is 11.0 Å². The summed E-state index contributed by atoms with van der Waals surface area (Å²) in [6, 6.07) is -0.435. The van der Waals surface area contributed by atoms with Gasteiger partial charge in [-0.15, -0.1) is 0 Å². The average molecular weight is 141 g/mol. The molecule has 0 aromatic heterocycles. The van der Waals surface area contributed by atoms with Crippen molar-refractivity contribution in [2.45, 2.75) is 44.3 Å². The molecular weight excluding hydrogens is 129 g/mol. The van der Waals surface area contributed by atoms with E-state index in [4.69, 9.17) is 6.57 Å². The first kappa shape index (κ1) is 7.53. The highest BCUT2D eigenvalue weighted by molar-refractivity contribution is 4.98. The van der Waals surface area contributed by atoms with Gasteiger partial charge in [0.1, 0.15) is 0 Å². The van der Waals surface area contributed by atoms with Crippen LogP contribution in [0.4, 0.5) is 4.39 Å². The van der Waals surface area contributed by atoms with Crippen molar-refractivity contribution < 1.29 is 4.39 Å². The number of rotatable bonds is 1. The molecule has 1 saturated carbocycles. The molecule has 10 heavy (non-hydrogen) atoms. The van der Waals surface area contributed by atoms with Crippen LogP contribution in [0.5, 0.6) is 0 Å². The lowest BCUT2D eigenvalue weighted by Gasteiger charge is -2.16. The molecule has 0 amide bonds. The summed E-state index contributed by atoms with van der Waals surface area (Å²) in [6.07, 6.45) is 3.10. The number of halogens is 1. The Morgan fingerprint density at radius 3 is 2.40 bits per heavy atom. The summed E-state index contributed by atoms with van der Waals surface area (Å²) < 4.78 is 13.5. The zero-order chi connectivity index (χ0) is 7.61. The third-order valence-corrected chi connectivity index (χ3v) is 2.38. The summed E-state index contributed by atoms with van der Waals surface area (Å²) >= 11 is 0. The van der Waals surface area contributed by atoms with Crippen LogP contribution < -0.4 is 0 Å². The van der Waals surface area contributed by atoms with Crippen molar-refractivity contribution >= 4 is 0 Å². The molecule has 1 atom stereocenters. The first-order valence-electron chi connectivity index (χ1n) is 3.74. The van der Waals surface area contributed by atoms with Gasteiger partial charge in [0.25, 0.3) is 6.04 Å². The molecule has 0 aromatic rings. The lowest BCUT2D eigenvalue weighted by Crippen LogP contribution is -2.29. The van der Waals surface area contributed by atoms with Crippen LogP contribution in [0.3, 0.4) is 0 Å². The minimum Gasteiger partial charge on any atom is -0.310 e. The zero-order valence-electron chi connectivity index (χ0n) is 6.23. The molecule has 1 aliphatic carbocycles. The van der Waals surface area contributed by atoms with Gasteiger partial charge in [-0.05, 0) is 25.7 Å². The van der Waals surface area contributed by atoms with Gasteiger partial charge in [0.05, 0.1) is 0 Å². The summed E-state index contributed by atoms with van der Waals surface area (Å²) in [6.45, 7) is 8.36. The Labute approximate surface area is 61.1 Å². The van der Waals surface area contributed by atoms with E-state index in [1.165, 1.54) is 0 Å². The van der Waals surface area contributed by atoms with E-state index in [9.17, 15) is 4.39 Å². The van der Waals surface area contributed by atoms with Crippen molar-refractivity contribution in [2.24, 2.45) is 0 Å². The molecule has 0 N–H and O–H groups in total. The lowest BCUT2D eigenvalue weighted by atomic mass is 9.97. The molecule has 0 aromatic carbocycles. The van der Waals surface area contributed by atoms with E-state index in [0.29, 0.717) is 12.8 Å². The molecule has 1 fully saturated rings. The number of alkyl halides is 1. The van der Waals surface area contributed by atoms with Crippen molar-refractivity contribution in [3.63, 3.8) is 0 Å². The Morgan fingerprint density at radius 1 is 1.50 bits per heavy atom. The molecule has 0 spiro atoms. The van der Waals surface area contributed by atoms with Gasteiger partial charge in [-0.3, -0.25) is 0 Å². The van der Waals surface area contributed by atoms with Gasteiger partial charge in [-0.2, -0.15) is 0 Å². The SMILES string of the molecule is [C-]#[N+]C(C)C1(F)CCCC1. The second-order valence-electron chi connectivity index (χ2n) is 3.05. The van der Waals surface area contributed by atoms with Gasteiger partial charge in [0.2, 0.25) is 0 Å². The van der Waals surface area contributed by atoms with Crippen LogP contribution in [0.25, 0.3) is 4.85 Å². The van der Waals surface area contributed by atoms with E-state index < -0.39 is 11.7 Å². The Morgan fingerprint density at radius 2 is 2.00 bits per heavy atom. The number of hydrogen-bond donors (Lipinski definition) is 0. The smallest absolute Gasteiger partial charge is 0.254 e. The van der Waals surface area contributed by atoms with Crippen LogP contribution in [-0.2, 0) is 0 Å². The molecule has 2 heteroatoms. The summed E-state index contributed by atoms with van der Waals surface area (Å²) in [4.78, 5) is 3.22. The molecular formula is C8H12FN. The fraction of sp³-hybridized carbons (Fsp3) is 0.875. The summed E-state index contributed by atoms with van der Waals surface area (Å²) in [5.41, 5.74) is -1.15. The van der Waals surface area contributed by atoms with E-state index >= 15 is 0 Å². The predicted molar refractivity (Wildman–Crippen MR) is 38.4 cm³/mol. The van der Waals surface area contributed by atoms with Crippen LogP contribution in [0.2, 0.25) is 0 Å². The highest BCUT2D eigenvalue weighted by Crippen LogP contribution is 2.37. The maximum atomic E-state index is 13.5. The minimum atomic E-state index is -1.15. The van der Waals surface area contributed by atoms with Crippen LogP contribution in [0, 0.1) is 6.57 Å². The second kappa shape index (κ2) is 2.57. The number of nitrogens with zero attached hydrogens (tertiary/aromatic N) is 1.